The summed E-state index contributed by atoms with van der Waals surface area (Å²) in [4.78, 5) is 15.2. The molecule has 1 amide bonds. The highest BCUT2D eigenvalue weighted by molar-refractivity contribution is 7.80. The molecule has 0 aliphatic carbocycles. The fraction of sp³-hybridized carbons (Fsp3) is 0.364. The molecule has 10 heteroatoms. The smallest absolute Gasteiger partial charge is 0.257 e. The number of carbonyl (C=O) groups excluding carboxylic acids is 1. The summed E-state index contributed by atoms with van der Waals surface area (Å²) < 4.78 is 68.3. The minimum absolute atomic E-state index is 0.0470. The Morgan fingerprint density at radius 3 is 1.78 bits per heavy atom. The van der Waals surface area contributed by atoms with Gasteiger partial charge in [0, 0.05) is 31.7 Å². The zero-order valence-electron chi connectivity index (χ0n) is 17.7. The van der Waals surface area contributed by atoms with Crippen molar-refractivity contribution in [2.45, 2.75) is 26.2 Å². The van der Waals surface area contributed by atoms with Crippen molar-refractivity contribution >= 4 is 28.9 Å². The highest BCUT2D eigenvalue weighted by Gasteiger charge is 2.31. The third-order valence-corrected chi connectivity index (χ3v) is 5.66. The van der Waals surface area contributed by atoms with Crippen LogP contribution in [0.5, 0.6) is 0 Å². The van der Waals surface area contributed by atoms with Crippen molar-refractivity contribution in [2.24, 2.45) is 0 Å². The van der Waals surface area contributed by atoms with Gasteiger partial charge < -0.3 is 9.80 Å². The second-order valence-corrected chi connectivity index (χ2v) is 8.87. The monoisotopic (exact) mass is 471 g/mol. The SMILES string of the molecule is CC(C)(C)c1ccc(C(=O)NC(=S)N2CCN(c3c(F)c(F)c(F)c(F)c3F)CC2)cc1. The Labute approximate surface area is 188 Å². The van der Waals surface area contributed by atoms with Crippen LogP contribution in [0.2, 0.25) is 0 Å². The molecule has 1 aliphatic rings. The fourth-order valence-electron chi connectivity index (χ4n) is 3.37. The summed E-state index contributed by atoms with van der Waals surface area (Å²) >= 11 is 5.26. The maximum atomic E-state index is 14.0. The predicted octanol–water partition coefficient (Wildman–Crippen LogP) is 4.52. The van der Waals surface area contributed by atoms with E-state index in [4.69, 9.17) is 12.2 Å². The van der Waals surface area contributed by atoms with E-state index in [1.54, 1.807) is 17.0 Å². The second kappa shape index (κ2) is 9.01. The van der Waals surface area contributed by atoms with Crippen molar-refractivity contribution in [3.05, 3.63) is 64.5 Å². The molecule has 2 aromatic rings. The molecule has 172 valence electrons. The number of benzene rings is 2. The van der Waals surface area contributed by atoms with E-state index < -0.39 is 40.7 Å². The van der Waals surface area contributed by atoms with E-state index >= 15 is 0 Å². The lowest BCUT2D eigenvalue weighted by Crippen LogP contribution is -2.53. The molecule has 1 heterocycles. The topological polar surface area (TPSA) is 35.6 Å². The molecule has 1 fully saturated rings. The van der Waals surface area contributed by atoms with Gasteiger partial charge in [-0.05, 0) is 35.3 Å². The molecule has 2 aromatic carbocycles. The van der Waals surface area contributed by atoms with Gasteiger partial charge in [0.05, 0.1) is 0 Å². The van der Waals surface area contributed by atoms with Crippen LogP contribution in [0.1, 0.15) is 36.7 Å². The van der Waals surface area contributed by atoms with Crippen LogP contribution in [0, 0.1) is 29.1 Å². The normalized spacial score (nSPS) is 14.5. The summed E-state index contributed by atoms with van der Waals surface area (Å²) in [5.74, 6) is -10.3. The van der Waals surface area contributed by atoms with E-state index in [1.165, 1.54) is 0 Å². The first-order chi connectivity index (χ1) is 14.9. The number of anilines is 1. The molecule has 0 radical (unpaired) electrons. The van der Waals surface area contributed by atoms with E-state index in [9.17, 15) is 26.7 Å². The van der Waals surface area contributed by atoms with E-state index in [0.29, 0.717) is 5.56 Å². The molecular weight excluding hydrogens is 449 g/mol. The lowest BCUT2D eigenvalue weighted by atomic mass is 9.87. The number of nitrogens with zero attached hydrogens (tertiary/aromatic N) is 2. The van der Waals surface area contributed by atoms with Crippen molar-refractivity contribution in [3.8, 4) is 0 Å². The molecule has 0 atom stereocenters. The van der Waals surface area contributed by atoms with E-state index in [2.05, 4.69) is 26.1 Å². The molecule has 0 saturated carbocycles. The van der Waals surface area contributed by atoms with Crippen molar-refractivity contribution in [1.82, 2.24) is 10.2 Å². The van der Waals surface area contributed by atoms with Gasteiger partial charge in [-0.25, -0.2) is 22.0 Å². The summed E-state index contributed by atoms with van der Waals surface area (Å²) in [6.07, 6.45) is 0. The first-order valence-electron chi connectivity index (χ1n) is 9.89. The lowest BCUT2D eigenvalue weighted by Gasteiger charge is -2.37. The third-order valence-electron chi connectivity index (χ3n) is 5.30. The zero-order valence-corrected chi connectivity index (χ0v) is 18.6. The number of rotatable bonds is 2. The number of halogens is 5. The standard InChI is InChI=1S/C22H22F5N3OS/c1-22(2,3)13-6-4-12(5-7-13)20(31)28-21(32)30-10-8-29(9-11-30)19-17(26)15(24)14(23)16(25)18(19)27/h4-7H,8-11H2,1-3H3,(H,28,31,32). The summed E-state index contributed by atoms with van der Waals surface area (Å²) in [5, 5.41) is 2.73. The summed E-state index contributed by atoms with van der Waals surface area (Å²) in [7, 11) is 0. The Bertz CT molecular complexity index is 1020. The first-order valence-corrected chi connectivity index (χ1v) is 10.3. The Morgan fingerprint density at radius 1 is 0.844 bits per heavy atom. The minimum Gasteiger partial charge on any atom is -0.363 e. The highest BCUT2D eigenvalue weighted by Crippen LogP contribution is 2.31. The van der Waals surface area contributed by atoms with Crippen molar-refractivity contribution < 1.29 is 26.7 Å². The molecule has 1 N–H and O–H groups in total. The number of thiocarbonyl (C=S) groups is 1. The van der Waals surface area contributed by atoms with Crippen LogP contribution in [-0.2, 0) is 5.41 Å². The van der Waals surface area contributed by atoms with Crippen LogP contribution in [0.3, 0.4) is 0 Å². The van der Waals surface area contributed by atoms with Gasteiger partial charge in [0.15, 0.2) is 28.4 Å². The Morgan fingerprint density at radius 2 is 1.31 bits per heavy atom. The van der Waals surface area contributed by atoms with Crippen molar-refractivity contribution in [1.29, 1.82) is 0 Å². The van der Waals surface area contributed by atoms with Crippen LogP contribution in [0.25, 0.3) is 0 Å². The van der Waals surface area contributed by atoms with E-state index in [0.717, 1.165) is 10.5 Å². The summed E-state index contributed by atoms with van der Waals surface area (Å²) in [6, 6.07) is 7.11. The number of nitrogens with one attached hydrogen (secondary N) is 1. The largest absolute Gasteiger partial charge is 0.363 e. The zero-order chi connectivity index (χ0) is 23.8. The van der Waals surface area contributed by atoms with Gasteiger partial charge in [-0.3, -0.25) is 10.1 Å². The van der Waals surface area contributed by atoms with Crippen LogP contribution >= 0.6 is 12.2 Å². The third kappa shape index (κ3) is 4.69. The van der Waals surface area contributed by atoms with Crippen molar-refractivity contribution in [3.63, 3.8) is 0 Å². The summed E-state index contributed by atoms with van der Waals surface area (Å²) in [5.41, 5.74) is 0.468. The molecule has 1 saturated heterocycles. The number of hydrogen-bond donors (Lipinski definition) is 1. The van der Waals surface area contributed by atoms with Gasteiger partial charge in [0.25, 0.3) is 5.91 Å². The van der Waals surface area contributed by atoms with Crippen LogP contribution in [0.4, 0.5) is 27.6 Å². The molecule has 4 nitrogen and oxygen atoms in total. The lowest BCUT2D eigenvalue weighted by molar-refractivity contribution is 0.0973. The van der Waals surface area contributed by atoms with Gasteiger partial charge in [-0.2, -0.15) is 0 Å². The Hall–Kier alpha value is -2.75. The molecule has 0 unspecified atom stereocenters. The number of piperazine rings is 1. The molecule has 0 bridgehead atoms. The average molecular weight is 471 g/mol. The van der Waals surface area contributed by atoms with Crippen LogP contribution < -0.4 is 10.2 Å². The van der Waals surface area contributed by atoms with Crippen LogP contribution in [0.15, 0.2) is 24.3 Å². The van der Waals surface area contributed by atoms with E-state index in [-0.39, 0.29) is 36.7 Å². The number of hydrogen-bond acceptors (Lipinski definition) is 3. The van der Waals surface area contributed by atoms with Gasteiger partial charge in [-0.1, -0.05) is 32.9 Å². The molecule has 32 heavy (non-hydrogen) atoms. The Balaban J connectivity index is 1.63. The molecule has 1 aliphatic heterocycles. The highest BCUT2D eigenvalue weighted by atomic mass is 32.1. The Kier molecular flexibility index (Phi) is 6.73. The van der Waals surface area contributed by atoms with Crippen LogP contribution in [-0.4, -0.2) is 42.1 Å². The summed E-state index contributed by atoms with van der Waals surface area (Å²) in [6.45, 7) is 6.34. The minimum atomic E-state index is -2.19. The quantitative estimate of drug-likeness (QED) is 0.303. The second-order valence-electron chi connectivity index (χ2n) is 8.48. The van der Waals surface area contributed by atoms with E-state index in [1.807, 2.05) is 12.1 Å². The average Bonchev–Trinajstić information content (AvgIpc) is 2.76. The van der Waals surface area contributed by atoms with Crippen molar-refractivity contribution in [2.75, 3.05) is 31.1 Å². The van der Waals surface area contributed by atoms with Gasteiger partial charge in [-0.15, -0.1) is 0 Å². The van der Waals surface area contributed by atoms with Gasteiger partial charge in [0.2, 0.25) is 5.82 Å². The predicted molar refractivity (Wildman–Crippen MR) is 115 cm³/mol. The maximum Gasteiger partial charge on any atom is 0.257 e. The molecule has 0 aromatic heterocycles. The maximum absolute atomic E-state index is 14.0. The molecule has 0 spiro atoms. The molecule has 3 rings (SSSR count). The molecular formula is C22H22F5N3OS. The van der Waals surface area contributed by atoms with Gasteiger partial charge in [0.1, 0.15) is 5.69 Å². The number of amides is 1. The first kappa shape index (κ1) is 23.9. The number of carbonyl (C=O) groups is 1. The fourth-order valence-corrected chi connectivity index (χ4v) is 3.65. The van der Waals surface area contributed by atoms with Gasteiger partial charge >= 0.3 is 0 Å².